The van der Waals surface area contributed by atoms with Gasteiger partial charge in [-0.1, -0.05) is 11.8 Å². The molecule has 1 atom stereocenters. The van der Waals surface area contributed by atoms with Crippen molar-refractivity contribution in [1.29, 1.82) is 0 Å². The van der Waals surface area contributed by atoms with E-state index in [1.54, 1.807) is 43.6 Å². The molecule has 9 heteroatoms. The molecular formula is C17H14N4O4S. The standard InChI is InChI=1S/C17H14N4O4S/c1-10(15(22)19-12-4-5-13-14(7-12)24-9-23-13)26-17-21-20-16(25-17)11-3-2-6-18-8-11/h2-8,10H,9H2,1H3,(H,19,22)/t10-/m1/s1. The summed E-state index contributed by atoms with van der Waals surface area (Å²) in [4.78, 5) is 16.4. The Kier molecular flexibility index (Phi) is 4.44. The smallest absolute Gasteiger partial charge is 0.277 e. The molecule has 3 aromatic rings. The van der Waals surface area contributed by atoms with E-state index >= 15 is 0 Å². The maximum absolute atomic E-state index is 12.4. The van der Waals surface area contributed by atoms with Crippen molar-refractivity contribution >= 4 is 23.4 Å². The first-order valence-electron chi connectivity index (χ1n) is 7.80. The molecule has 1 aliphatic rings. The van der Waals surface area contributed by atoms with E-state index in [1.165, 1.54) is 11.8 Å². The number of hydrogen-bond donors (Lipinski definition) is 1. The zero-order valence-corrected chi connectivity index (χ0v) is 14.5. The summed E-state index contributed by atoms with van der Waals surface area (Å²) in [5.74, 6) is 1.46. The van der Waals surface area contributed by atoms with Crippen molar-refractivity contribution in [3.05, 3.63) is 42.7 Å². The van der Waals surface area contributed by atoms with E-state index in [4.69, 9.17) is 13.9 Å². The van der Waals surface area contributed by atoms with Crippen LogP contribution in [0.15, 0.2) is 52.4 Å². The molecule has 0 fully saturated rings. The van der Waals surface area contributed by atoms with E-state index in [9.17, 15) is 4.79 Å². The van der Waals surface area contributed by atoms with Crippen molar-refractivity contribution in [1.82, 2.24) is 15.2 Å². The number of nitrogens with zero attached hydrogens (tertiary/aromatic N) is 3. The predicted octanol–water partition coefficient (Wildman–Crippen LogP) is 2.98. The highest BCUT2D eigenvalue weighted by atomic mass is 32.2. The van der Waals surface area contributed by atoms with Crippen LogP contribution in [0.2, 0.25) is 0 Å². The molecule has 0 saturated heterocycles. The van der Waals surface area contributed by atoms with Crippen LogP contribution in [0.25, 0.3) is 11.5 Å². The van der Waals surface area contributed by atoms with E-state index in [2.05, 4.69) is 20.5 Å². The molecule has 0 bridgehead atoms. The number of anilines is 1. The van der Waals surface area contributed by atoms with Gasteiger partial charge in [0.1, 0.15) is 0 Å². The number of hydrogen-bond acceptors (Lipinski definition) is 8. The van der Waals surface area contributed by atoms with Crippen LogP contribution in [0.4, 0.5) is 5.69 Å². The van der Waals surface area contributed by atoms with Gasteiger partial charge >= 0.3 is 0 Å². The summed E-state index contributed by atoms with van der Waals surface area (Å²) in [6.07, 6.45) is 3.30. The zero-order valence-electron chi connectivity index (χ0n) is 13.7. The molecule has 2 aromatic heterocycles. The Morgan fingerprint density at radius 1 is 1.23 bits per heavy atom. The summed E-state index contributed by atoms with van der Waals surface area (Å²) >= 11 is 1.18. The van der Waals surface area contributed by atoms with Crippen molar-refractivity contribution in [2.24, 2.45) is 0 Å². The first-order chi connectivity index (χ1) is 12.7. The minimum atomic E-state index is -0.428. The van der Waals surface area contributed by atoms with Crippen LogP contribution in [0.1, 0.15) is 6.92 Å². The molecule has 1 N–H and O–H groups in total. The third-order valence-corrected chi connectivity index (χ3v) is 4.54. The third kappa shape index (κ3) is 3.47. The van der Waals surface area contributed by atoms with E-state index in [0.29, 0.717) is 28.3 Å². The van der Waals surface area contributed by atoms with Gasteiger partial charge in [0.15, 0.2) is 11.5 Å². The molecule has 1 amide bonds. The second kappa shape index (κ2) is 7.04. The number of carbonyl (C=O) groups is 1. The lowest BCUT2D eigenvalue weighted by Gasteiger charge is -2.10. The quantitative estimate of drug-likeness (QED) is 0.684. The minimum absolute atomic E-state index is 0.185. The van der Waals surface area contributed by atoms with E-state index in [0.717, 1.165) is 5.56 Å². The van der Waals surface area contributed by atoms with Crippen molar-refractivity contribution in [3.8, 4) is 23.0 Å². The van der Waals surface area contributed by atoms with Gasteiger partial charge in [-0.05, 0) is 31.2 Å². The van der Waals surface area contributed by atoms with Crippen molar-refractivity contribution < 1.29 is 18.7 Å². The maximum Gasteiger partial charge on any atom is 0.277 e. The van der Waals surface area contributed by atoms with Gasteiger partial charge in [0.05, 0.1) is 10.8 Å². The normalized spacial score (nSPS) is 13.4. The number of ether oxygens (including phenoxy) is 2. The summed E-state index contributed by atoms with van der Waals surface area (Å²) < 4.78 is 16.1. The van der Waals surface area contributed by atoms with Crippen LogP contribution in [0.5, 0.6) is 11.5 Å². The lowest BCUT2D eigenvalue weighted by atomic mass is 10.2. The molecule has 1 aromatic carbocycles. The molecule has 0 aliphatic carbocycles. The highest BCUT2D eigenvalue weighted by Gasteiger charge is 2.20. The zero-order chi connectivity index (χ0) is 17.9. The first-order valence-corrected chi connectivity index (χ1v) is 8.68. The number of pyridine rings is 1. The fourth-order valence-corrected chi connectivity index (χ4v) is 2.97. The molecule has 8 nitrogen and oxygen atoms in total. The average molecular weight is 370 g/mol. The van der Waals surface area contributed by atoms with Crippen molar-refractivity contribution in [2.45, 2.75) is 17.4 Å². The average Bonchev–Trinajstić information content (AvgIpc) is 3.31. The van der Waals surface area contributed by atoms with Gasteiger partial charge < -0.3 is 19.2 Å². The van der Waals surface area contributed by atoms with Gasteiger partial charge in [0, 0.05) is 24.1 Å². The highest BCUT2D eigenvalue weighted by molar-refractivity contribution is 8.00. The Morgan fingerprint density at radius 3 is 2.96 bits per heavy atom. The molecule has 0 spiro atoms. The number of nitrogens with one attached hydrogen (secondary N) is 1. The number of aromatic nitrogens is 3. The highest BCUT2D eigenvalue weighted by Crippen LogP contribution is 2.34. The van der Waals surface area contributed by atoms with Gasteiger partial charge in [-0.15, -0.1) is 10.2 Å². The molecule has 26 heavy (non-hydrogen) atoms. The number of rotatable bonds is 5. The Hall–Kier alpha value is -3.07. The van der Waals surface area contributed by atoms with Crippen LogP contribution in [0.3, 0.4) is 0 Å². The third-order valence-electron chi connectivity index (χ3n) is 3.60. The second-order valence-corrected chi connectivity index (χ2v) is 6.72. The summed E-state index contributed by atoms with van der Waals surface area (Å²) in [5.41, 5.74) is 1.36. The number of fused-ring (bicyclic) bond motifs is 1. The summed E-state index contributed by atoms with van der Waals surface area (Å²) in [7, 11) is 0. The lowest BCUT2D eigenvalue weighted by Crippen LogP contribution is -2.22. The van der Waals surface area contributed by atoms with E-state index < -0.39 is 5.25 Å². The van der Waals surface area contributed by atoms with Gasteiger partial charge in [-0.2, -0.15) is 0 Å². The summed E-state index contributed by atoms with van der Waals surface area (Å²) in [5, 5.41) is 10.7. The van der Waals surface area contributed by atoms with Crippen LogP contribution in [-0.2, 0) is 4.79 Å². The Balaban J connectivity index is 1.39. The number of amides is 1. The van der Waals surface area contributed by atoms with Crippen molar-refractivity contribution in [3.63, 3.8) is 0 Å². The van der Waals surface area contributed by atoms with Crippen LogP contribution < -0.4 is 14.8 Å². The van der Waals surface area contributed by atoms with Crippen LogP contribution in [0, 0.1) is 0 Å². The van der Waals surface area contributed by atoms with Crippen LogP contribution in [-0.4, -0.2) is 33.1 Å². The van der Waals surface area contributed by atoms with Crippen LogP contribution >= 0.6 is 11.8 Å². The van der Waals surface area contributed by atoms with Gasteiger partial charge in [0.2, 0.25) is 18.6 Å². The Morgan fingerprint density at radius 2 is 2.12 bits per heavy atom. The fourth-order valence-electron chi connectivity index (χ4n) is 2.29. The maximum atomic E-state index is 12.4. The van der Waals surface area contributed by atoms with Gasteiger partial charge in [-0.25, -0.2) is 0 Å². The summed E-state index contributed by atoms with van der Waals surface area (Å²) in [6.45, 7) is 1.95. The fraction of sp³-hybridized carbons (Fsp3) is 0.176. The lowest BCUT2D eigenvalue weighted by molar-refractivity contribution is -0.115. The largest absolute Gasteiger partial charge is 0.454 e. The Labute approximate surface area is 152 Å². The first kappa shape index (κ1) is 16.4. The number of benzene rings is 1. The van der Waals surface area contributed by atoms with E-state index in [1.807, 2.05) is 6.07 Å². The molecule has 1 aliphatic heterocycles. The second-order valence-electron chi connectivity index (χ2n) is 5.43. The minimum Gasteiger partial charge on any atom is -0.454 e. The molecule has 3 heterocycles. The van der Waals surface area contributed by atoms with Crippen molar-refractivity contribution in [2.75, 3.05) is 12.1 Å². The monoisotopic (exact) mass is 370 g/mol. The van der Waals surface area contributed by atoms with Gasteiger partial charge in [0.25, 0.3) is 5.22 Å². The molecule has 0 unspecified atom stereocenters. The molecule has 0 saturated carbocycles. The SMILES string of the molecule is C[C@@H](Sc1nnc(-c2cccnc2)o1)C(=O)Nc1ccc2c(c1)OCO2. The number of thioether (sulfide) groups is 1. The molecular weight excluding hydrogens is 356 g/mol. The summed E-state index contributed by atoms with van der Waals surface area (Å²) in [6, 6.07) is 8.85. The molecule has 0 radical (unpaired) electrons. The van der Waals surface area contributed by atoms with Gasteiger partial charge in [-0.3, -0.25) is 9.78 Å². The predicted molar refractivity (Wildman–Crippen MR) is 94.0 cm³/mol. The topological polar surface area (TPSA) is 99.4 Å². The molecule has 4 rings (SSSR count). The van der Waals surface area contributed by atoms with E-state index in [-0.39, 0.29) is 12.7 Å². The number of carbonyl (C=O) groups excluding carboxylic acids is 1. The molecule has 132 valence electrons. The Bertz CT molecular complexity index is 932.